The normalized spacial score (nSPS) is 13.4. The molecule has 0 unspecified atom stereocenters. The first kappa shape index (κ1) is 23.4. The summed E-state index contributed by atoms with van der Waals surface area (Å²) in [5.41, 5.74) is 1.36. The Bertz CT molecular complexity index is 1210. The fourth-order valence-electron chi connectivity index (χ4n) is 3.38. The van der Waals surface area contributed by atoms with Crippen molar-refractivity contribution in [2.75, 3.05) is 5.32 Å². The van der Waals surface area contributed by atoms with E-state index < -0.39 is 22.9 Å². The van der Waals surface area contributed by atoms with Gasteiger partial charge < -0.3 is 5.32 Å². The van der Waals surface area contributed by atoms with E-state index in [-0.39, 0.29) is 28.3 Å². The van der Waals surface area contributed by atoms with Crippen LogP contribution in [0.15, 0.2) is 56.7 Å². The SMILES string of the molecule is Cc1ccc(Sc2cc(NC(=O)Cn3nc(C(F)F)c(Br)c3C3CC3)cc([N+](=O)[O-])c2)cc1. The average molecular weight is 537 g/mol. The number of non-ortho nitro benzene ring substituents is 1. The maximum absolute atomic E-state index is 13.3. The molecule has 7 nitrogen and oxygen atoms in total. The number of hydrogen-bond acceptors (Lipinski definition) is 5. The molecule has 1 N–H and O–H groups in total. The number of carbonyl (C=O) groups excluding carboxylic acids is 1. The van der Waals surface area contributed by atoms with Crippen LogP contribution in [0.1, 0.15) is 42.1 Å². The predicted octanol–water partition coefficient (Wildman–Crippen LogP) is 6.47. The summed E-state index contributed by atoms with van der Waals surface area (Å²) in [6.45, 7) is 1.69. The molecule has 0 atom stereocenters. The minimum Gasteiger partial charge on any atom is -0.324 e. The van der Waals surface area contributed by atoms with Gasteiger partial charge in [-0.05, 0) is 53.9 Å². The van der Waals surface area contributed by atoms with Crippen LogP contribution >= 0.6 is 27.7 Å². The van der Waals surface area contributed by atoms with E-state index in [1.165, 1.54) is 28.6 Å². The fraction of sp³-hybridized carbons (Fsp3) is 0.273. The molecule has 0 bridgehead atoms. The first-order valence-electron chi connectivity index (χ1n) is 10.1. The Morgan fingerprint density at radius 3 is 2.58 bits per heavy atom. The number of nitrogens with zero attached hydrogens (tertiary/aromatic N) is 3. The van der Waals surface area contributed by atoms with Gasteiger partial charge in [0, 0.05) is 33.5 Å². The van der Waals surface area contributed by atoms with Crippen molar-refractivity contribution in [1.29, 1.82) is 0 Å². The molecule has 1 fully saturated rings. The number of amides is 1. The van der Waals surface area contributed by atoms with Crippen LogP contribution in [-0.2, 0) is 11.3 Å². The Morgan fingerprint density at radius 1 is 1.27 bits per heavy atom. The van der Waals surface area contributed by atoms with Gasteiger partial charge in [-0.25, -0.2) is 8.78 Å². The molecule has 1 heterocycles. The molecule has 2 aromatic carbocycles. The summed E-state index contributed by atoms with van der Waals surface area (Å²) in [5.74, 6) is -0.429. The van der Waals surface area contributed by atoms with Crippen LogP contribution in [0.2, 0.25) is 0 Å². The van der Waals surface area contributed by atoms with Crippen LogP contribution in [0, 0.1) is 17.0 Å². The molecule has 1 aliphatic rings. The zero-order valence-electron chi connectivity index (χ0n) is 17.4. The first-order chi connectivity index (χ1) is 15.7. The third-order valence-corrected chi connectivity index (χ3v) is 6.85. The number of hydrogen-bond donors (Lipinski definition) is 1. The van der Waals surface area contributed by atoms with Gasteiger partial charge in [-0.15, -0.1) is 0 Å². The number of aromatic nitrogens is 2. The van der Waals surface area contributed by atoms with E-state index in [1.807, 2.05) is 31.2 Å². The van der Waals surface area contributed by atoms with Crippen molar-refractivity contribution < 1.29 is 18.5 Å². The number of benzene rings is 2. The summed E-state index contributed by atoms with van der Waals surface area (Å²) in [6, 6.07) is 12.0. The molecular formula is C22H19BrF2N4O3S. The van der Waals surface area contributed by atoms with Gasteiger partial charge in [-0.2, -0.15) is 5.10 Å². The van der Waals surface area contributed by atoms with Crippen molar-refractivity contribution in [3.05, 3.63) is 74.0 Å². The number of nitro groups is 1. The standard InChI is InChI=1S/C22H19BrF2N4O3S/c1-12-2-6-16(7-3-12)33-17-9-14(8-15(10-17)29(31)32)26-18(30)11-28-21(13-4-5-13)19(23)20(27-28)22(24)25/h2-3,6-10,13,22H,4-5,11H2,1H3,(H,26,30). The molecular weight excluding hydrogens is 518 g/mol. The van der Waals surface area contributed by atoms with E-state index in [9.17, 15) is 23.7 Å². The quantitative estimate of drug-likeness (QED) is 0.263. The molecule has 1 saturated carbocycles. The number of aryl methyl sites for hydroxylation is 1. The largest absolute Gasteiger partial charge is 0.324 e. The van der Waals surface area contributed by atoms with Crippen LogP contribution < -0.4 is 5.32 Å². The van der Waals surface area contributed by atoms with E-state index in [4.69, 9.17) is 0 Å². The minimum absolute atomic E-state index is 0.0856. The highest BCUT2D eigenvalue weighted by molar-refractivity contribution is 9.10. The summed E-state index contributed by atoms with van der Waals surface area (Å²) in [7, 11) is 0. The molecule has 0 radical (unpaired) electrons. The maximum Gasteiger partial charge on any atom is 0.283 e. The third-order valence-electron chi connectivity index (χ3n) is 5.06. The molecule has 1 aromatic heterocycles. The highest BCUT2D eigenvalue weighted by Gasteiger charge is 2.34. The zero-order chi connectivity index (χ0) is 23.7. The number of alkyl halides is 2. The maximum atomic E-state index is 13.3. The van der Waals surface area contributed by atoms with E-state index >= 15 is 0 Å². The van der Waals surface area contributed by atoms with Gasteiger partial charge in [0.05, 0.1) is 15.1 Å². The highest BCUT2D eigenvalue weighted by Crippen LogP contribution is 2.45. The Labute approximate surface area is 200 Å². The van der Waals surface area contributed by atoms with Crippen LogP contribution in [-0.4, -0.2) is 20.6 Å². The Balaban J connectivity index is 1.55. The lowest BCUT2D eigenvalue weighted by molar-refractivity contribution is -0.385. The number of nitrogens with one attached hydrogen (secondary N) is 1. The van der Waals surface area contributed by atoms with Crippen molar-refractivity contribution >= 4 is 45.0 Å². The zero-order valence-corrected chi connectivity index (χ0v) is 19.8. The van der Waals surface area contributed by atoms with E-state index in [0.717, 1.165) is 23.3 Å². The van der Waals surface area contributed by atoms with E-state index in [2.05, 4.69) is 26.3 Å². The van der Waals surface area contributed by atoms with Gasteiger partial charge in [0.15, 0.2) is 0 Å². The third kappa shape index (κ3) is 5.59. The summed E-state index contributed by atoms with van der Waals surface area (Å²) < 4.78 is 28.1. The summed E-state index contributed by atoms with van der Waals surface area (Å²) in [5, 5.41) is 18.0. The number of carbonyl (C=O) groups is 1. The lowest BCUT2D eigenvalue weighted by Gasteiger charge is -2.10. The van der Waals surface area contributed by atoms with Crippen LogP contribution in [0.25, 0.3) is 0 Å². The van der Waals surface area contributed by atoms with Gasteiger partial charge in [-0.3, -0.25) is 19.6 Å². The number of halogens is 3. The predicted molar refractivity (Wildman–Crippen MR) is 124 cm³/mol. The molecule has 0 aliphatic heterocycles. The number of rotatable bonds is 8. The lowest BCUT2D eigenvalue weighted by atomic mass is 10.2. The molecule has 1 amide bonds. The minimum atomic E-state index is -2.76. The molecule has 0 spiro atoms. The van der Waals surface area contributed by atoms with Crippen molar-refractivity contribution in [3.63, 3.8) is 0 Å². The Hall–Kier alpha value is -2.79. The monoisotopic (exact) mass is 536 g/mol. The van der Waals surface area contributed by atoms with Gasteiger partial charge in [-0.1, -0.05) is 29.5 Å². The molecule has 4 rings (SSSR count). The lowest BCUT2D eigenvalue weighted by Crippen LogP contribution is -2.21. The molecule has 172 valence electrons. The van der Waals surface area contributed by atoms with Crippen molar-refractivity contribution in [1.82, 2.24) is 9.78 Å². The van der Waals surface area contributed by atoms with Crippen LogP contribution in [0.4, 0.5) is 20.2 Å². The van der Waals surface area contributed by atoms with Gasteiger partial charge in [0.2, 0.25) is 5.91 Å². The second kappa shape index (κ2) is 9.60. The van der Waals surface area contributed by atoms with Crippen molar-refractivity contribution in [2.24, 2.45) is 0 Å². The van der Waals surface area contributed by atoms with Gasteiger partial charge >= 0.3 is 0 Å². The number of nitro benzene ring substituents is 1. The topological polar surface area (TPSA) is 90.1 Å². The van der Waals surface area contributed by atoms with Crippen LogP contribution in [0.5, 0.6) is 0 Å². The molecule has 1 aliphatic carbocycles. The van der Waals surface area contributed by atoms with Gasteiger partial charge in [0.25, 0.3) is 12.1 Å². The molecule has 3 aromatic rings. The number of anilines is 1. The average Bonchev–Trinajstić information content (AvgIpc) is 3.52. The van der Waals surface area contributed by atoms with Crippen LogP contribution in [0.3, 0.4) is 0 Å². The molecule has 33 heavy (non-hydrogen) atoms. The summed E-state index contributed by atoms with van der Waals surface area (Å²) in [6.07, 6.45) is -1.07. The Morgan fingerprint density at radius 2 is 1.97 bits per heavy atom. The molecule has 0 saturated heterocycles. The second-order valence-corrected chi connectivity index (χ2v) is 9.69. The Kier molecular flexibility index (Phi) is 6.80. The van der Waals surface area contributed by atoms with Crippen molar-refractivity contribution in [2.45, 2.75) is 48.4 Å². The second-order valence-electron chi connectivity index (χ2n) is 7.75. The summed E-state index contributed by atoms with van der Waals surface area (Å²) >= 11 is 4.53. The first-order valence-corrected chi connectivity index (χ1v) is 11.7. The molecule has 11 heteroatoms. The fourth-order valence-corrected chi connectivity index (χ4v) is 5.07. The van der Waals surface area contributed by atoms with E-state index in [1.54, 1.807) is 6.07 Å². The smallest absolute Gasteiger partial charge is 0.283 e. The van der Waals surface area contributed by atoms with Gasteiger partial charge in [0.1, 0.15) is 12.2 Å². The highest BCUT2D eigenvalue weighted by atomic mass is 79.9. The summed E-state index contributed by atoms with van der Waals surface area (Å²) in [4.78, 5) is 25.1. The van der Waals surface area contributed by atoms with Crippen molar-refractivity contribution in [3.8, 4) is 0 Å². The van der Waals surface area contributed by atoms with E-state index in [0.29, 0.717) is 10.6 Å².